The summed E-state index contributed by atoms with van der Waals surface area (Å²) in [5.41, 5.74) is 1.70. The Bertz CT molecular complexity index is 651. The van der Waals surface area contributed by atoms with Crippen molar-refractivity contribution in [1.82, 2.24) is 0 Å². The van der Waals surface area contributed by atoms with Crippen molar-refractivity contribution in [1.29, 1.82) is 0 Å². The zero-order valence-electron chi connectivity index (χ0n) is 12.1. The number of halogens is 1. The van der Waals surface area contributed by atoms with Crippen molar-refractivity contribution >= 4 is 40.2 Å². The Morgan fingerprint density at radius 2 is 1.59 bits per heavy atom. The van der Waals surface area contributed by atoms with Crippen LogP contribution in [-0.2, 0) is 4.74 Å². The second-order valence-corrected chi connectivity index (χ2v) is 5.92. The number of rotatable bonds is 5. The summed E-state index contributed by atoms with van der Waals surface area (Å²) in [5.74, 6) is -0.532. The second kappa shape index (κ2) is 7.93. The Balaban J connectivity index is 2.00. The molecule has 4 nitrogen and oxygen atoms in total. The van der Waals surface area contributed by atoms with Crippen molar-refractivity contribution in [3.63, 3.8) is 0 Å². The van der Waals surface area contributed by atoms with Gasteiger partial charge in [-0.05, 0) is 77.5 Å². The smallest absolute Gasteiger partial charge is 0.338 e. The molecule has 0 unspecified atom stereocenters. The van der Waals surface area contributed by atoms with Crippen LogP contribution in [0.25, 0.3) is 0 Å². The average molecular weight is 409 g/mol. The van der Waals surface area contributed by atoms with E-state index in [4.69, 9.17) is 4.74 Å². The van der Waals surface area contributed by atoms with Gasteiger partial charge in [0.25, 0.3) is 5.91 Å². The monoisotopic (exact) mass is 409 g/mol. The Hall–Kier alpha value is -1.89. The maximum absolute atomic E-state index is 12.1. The SMILES string of the molecule is CCCOC(=O)c1ccc(NC(=O)c2ccc(I)cc2)cc1. The van der Waals surface area contributed by atoms with Gasteiger partial charge in [0.1, 0.15) is 0 Å². The van der Waals surface area contributed by atoms with Gasteiger partial charge in [-0.15, -0.1) is 0 Å². The van der Waals surface area contributed by atoms with E-state index in [-0.39, 0.29) is 11.9 Å². The van der Waals surface area contributed by atoms with E-state index < -0.39 is 0 Å². The van der Waals surface area contributed by atoms with Gasteiger partial charge >= 0.3 is 5.97 Å². The van der Waals surface area contributed by atoms with Crippen molar-refractivity contribution < 1.29 is 14.3 Å². The molecule has 0 aliphatic rings. The van der Waals surface area contributed by atoms with Gasteiger partial charge in [0.05, 0.1) is 12.2 Å². The summed E-state index contributed by atoms with van der Waals surface area (Å²) in [6, 6.07) is 14.0. The number of carbonyl (C=O) groups is 2. The highest BCUT2D eigenvalue weighted by Crippen LogP contribution is 2.13. The van der Waals surface area contributed by atoms with E-state index in [1.807, 2.05) is 19.1 Å². The topological polar surface area (TPSA) is 55.4 Å². The molecule has 0 spiro atoms. The number of amides is 1. The molecule has 1 amide bonds. The van der Waals surface area contributed by atoms with E-state index in [1.165, 1.54) is 0 Å². The molecule has 0 bridgehead atoms. The van der Waals surface area contributed by atoms with E-state index in [1.54, 1.807) is 36.4 Å². The summed E-state index contributed by atoms with van der Waals surface area (Å²) in [6.45, 7) is 2.35. The minimum atomic E-state index is -0.350. The second-order valence-electron chi connectivity index (χ2n) is 4.67. The highest BCUT2D eigenvalue weighted by atomic mass is 127. The summed E-state index contributed by atoms with van der Waals surface area (Å²) in [4.78, 5) is 23.8. The van der Waals surface area contributed by atoms with E-state index in [0.29, 0.717) is 23.4 Å². The standard InChI is InChI=1S/C17H16INO3/c1-2-11-22-17(21)13-5-9-15(10-6-13)19-16(20)12-3-7-14(18)8-4-12/h3-10H,2,11H2,1H3,(H,19,20). The largest absolute Gasteiger partial charge is 0.462 e. The normalized spacial score (nSPS) is 10.1. The zero-order chi connectivity index (χ0) is 15.9. The van der Waals surface area contributed by atoms with Gasteiger partial charge in [-0.1, -0.05) is 6.92 Å². The molecule has 114 valence electrons. The molecule has 2 aromatic carbocycles. The molecule has 2 aromatic rings. The van der Waals surface area contributed by atoms with Gasteiger partial charge in [-0.25, -0.2) is 4.79 Å². The fourth-order valence-corrected chi connectivity index (χ4v) is 2.13. The van der Waals surface area contributed by atoms with Crippen LogP contribution < -0.4 is 5.32 Å². The number of benzene rings is 2. The molecular weight excluding hydrogens is 393 g/mol. The van der Waals surface area contributed by atoms with Gasteiger partial charge in [0.15, 0.2) is 0 Å². The van der Waals surface area contributed by atoms with Gasteiger partial charge in [-0.2, -0.15) is 0 Å². The first kappa shape index (κ1) is 16.5. The van der Waals surface area contributed by atoms with Crippen molar-refractivity contribution in [2.45, 2.75) is 13.3 Å². The van der Waals surface area contributed by atoms with Gasteiger partial charge in [-0.3, -0.25) is 4.79 Å². The molecule has 2 rings (SSSR count). The van der Waals surface area contributed by atoms with Crippen molar-refractivity contribution in [2.24, 2.45) is 0 Å². The maximum Gasteiger partial charge on any atom is 0.338 e. The van der Waals surface area contributed by atoms with Gasteiger partial charge < -0.3 is 10.1 Å². The summed E-state index contributed by atoms with van der Waals surface area (Å²) < 4.78 is 6.12. The minimum Gasteiger partial charge on any atom is -0.462 e. The lowest BCUT2D eigenvalue weighted by Gasteiger charge is -2.07. The van der Waals surface area contributed by atoms with E-state index in [2.05, 4.69) is 27.9 Å². The molecule has 0 atom stereocenters. The summed E-state index contributed by atoms with van der Waals surface area (Å²) in [7, 11) is 0. The van der Waals surface area contributed by atoms with Crippen LogP contribution in [0.4, 0.5) is 5.69 Å². The third-order valence-electron chi connectivity index (χ3n) is 2.92. The average Bonchev–Trinajstić information content (AvgIpc) is 2.54. The number of ether oxygens (including phenoxy) is 1. The fraction of sp³-hybridized carbons (Fsp3) is 0.176. The Morgan fingerprint density at radius 3 is 2.18 bits per heavy atom. The highest BCUT2D eigenvalue weighted by molar-refractivity contribution is 14.1. The highest BCUT2D eigenvalue weighted by Gasteiger charge is 2.08. The third kappa shape index (κ3) is 4.56. The van der Waals surface area contributed by atoms with E-state index in [0.717, 1.165) is 9.99 Å². The first-order chi connectivity index (χ1) is 10.6. The Morgan fingerprint density at radius 1 is 1.00 bits per heavy atom. The lowest BCUT2D eigenvalue weighted by atomic mass is 10.2. The lowest BCUT2D eigenvalue weighted by molar-refractivity contribution is 0.0505. The molecule has 22 heavy (non-hydrogen) atoms. The molecule has 0 saturated carbocycles. The number of hydrogen-bond acceptors (Lipinski definition) is 3. The first-order valence-electron chi connectivity index (χ1n) is 6.94. The van der Waals surface area contributed by atoms with E-state index in [9.17, 15) is 9.59 Å². The molecular formula is C17H16INO3. The van der Waals surface area contributed by atoms with Crippen LogP contribution in [0, 0.1) is 3.57 Å². The lowest BCUT2D eigenvalue weighted by Crippen LogP contribution is -2.12. The number of nitrogens with one attached hydrogen (secondary N) is 1. The molecule has 5 heteroatoms. The number of carbonyl (C=O) groups excluding carboxylic acids is 2. The summed E-state index contributed by atoms with van der Waals surface area (Å²) >= 11 is 2.19. The van der Waals surface area contributed by atoms with Crippen LogP contribution in [0.15, 0.2) is 48.5 Å². The Kier molecular flexibility index (Phi) is 5.94. The predicted molar refractivity (Wildman–Crippen MR) is 94.1 cm³/mol. The first-order valence-corrected chi connectivity index (χ1v) is 8.02. The Labute approximate surface area is 143 Å². The maximum atomic E-state index is 12.1. The molecule has 0 aliphatic heterocycles. The van der Waals surface area contributed by atoms with Crippen LogP contribution in [-0.4, -0.2) is 18.5 Å². The quantitative estimate of drug-likeness (QED) is 0.598. The third-order valence-corrected chi connectivity index (χ3v) is 3.64. The van der Waals surface area contributed by atoms with Gasteiger partial charge in [0, 0.05) is 14.8 Å². The minimum absolute atomic E-state index is 0.183. The molecule has 0 aliphatic carbocycles. The van der Waals surface area contributed by atoms with Crippen LogP contribution in [0.2, 0.25) is 0 Å². The van der Waals surface area contributed by atoms with Crippen LogP contribution >= 0.6 is 22.6 Å². The number of anilines is 1. The van der Waals surface area contributed by atoms with Crippen LogP contribution in [0.3, 0.4) is 0 Å². The fourth-order valence-electron chi connectivity index (χ4n) is 1.77. The summed E-state index contributed by atoms with van der Waals surface area (Å²) in [5, 5.41) is 2.79. The molecule has 0 radical (unpaired) electrons. The molecule has 0 aromatic heterocycles. The zero-order valence-corrected chi connectivity index (χ0v) is 14.3. The van der Waals surface area contributed by atoms with E-state index >= 15 is 0 Å². The van der Waals surface area contributed by atoms with Crippen LogP contribution in [0.1, 0.15) is 34.1 Å². The van der Waals surface area contributed by atoms with Crippen molar-refractivity contribution in [3.8, 4) is 0 Å². The molecule has 0 saturated heterocycles. The number of hydrogen-bond donors (Lipinski definition) is 1. The number of esters is 1. The van der Waals surface area contributed by atoms with Crippen molar-refractivity contribution in [3.05, 3.63) is 63.2 Å². The molecule has 0 fully saturated rings. The summed E-state index contributed by atoms with van der Waals surface area (Å²) in [6.07, 6.45) is 0.788. The van der Waals surface area contributed by atoms with Crippen molar-refractivity contribution in [2.75, 3.05) is 11.9 Å². The predicted octanol–water partition coefficient (Wildman–Crippen LogP) is 4.11. The molecule has 0 heterocycles. The molecule has 1 N–H and O–H groups in total. The van der Waals surface area contributed by atoms with Crippen LogP contribution in [0.5, 0.6) is 0 Å². The van der Waals surface area contributed by atoms with Gasteiger partial charge in [0.2, 0.25) is 0 Å².